The second-order valence-electron chi connectivity index (χ2n) is 5.36. The highest BCUT2D eigenvalue weighted by Crippen LogP contribution is 2.27. The third-order valence-electron chi connectivity index (χ3n) is 3.21. The lowest BCUT2D eigenvalue weighted by Crippen LogP contribution is -2.39. The molecule has 112 valence electrons. The Bertz CT molecular complexity index is 461. The summed E-state index contributed by atoms with van der Waals surface area (Å²) < 4.78 is 6.52. The van der Waals surface area contributed by atoms with Crippen LogP contribution in [0, 0.1) is 5.92 Å². The molecule has 1 aromatic carbocycles. The van der Waals surface area contributed by atoms with Gasteiger partial charge in [0.15, 0.2) is 6.61 Å². The highest BCUT2D eigenvalue weighted by molar-refractivity contribution is 9.10. The number of hydrogen-bond donors (Lipinski definition) is 2. The number of carbonyl (C=O) groups is 1. The van der Waals surface area contributed by atoms with E-state index in [1.807, 2.05) is 32.0 Å². The van der Waals surface area contributed by atoms with Crippen molar-refractivity contribution in [2.24, 2.45) is 11.7 Å². The molecule has 0 fully saturated rings. The van der Waals surface area contributed by atoms with Crippen molar-refractivity contribution in [1.82, 2.24) is 5.32 Å². The number of halogens is 1. The van der Waals surface area contributed by atoms with Crippen LogP contribution >= 0.6 is 15.9 Å². The first kappa shape index (κ1) is 17.0. The first-order valence-electron chi connectivity index (χ1n) is 6.78. The largest absolute Gasteiger partial charge is 0.483 e. The van der Waals surface area contributed by atoms with E-state index in [1.165, 1.54) is 0 Å². The van der Waals surface area contributed by atoms with Crippen molar-refractivity contribution in [3.63, 3.8) is 0 Å². The molecule has 4 nitrogen and oxygen atoms in total. The normalized spacial score (nSPS) is 13.9. The van der Waals surface area contributed by atoms with Gasteiger partial charge in [0.25, 0.3) is 5.91 Å². The van der Waals surface area contributed by atoms with Crippen molar-refractivity contribution < 1.29 is 9.53 Å². The maximum Gasteiger partial charge on any atom is 0.258 e. The lowest BCUT2D eigenvalue weighted by Gasteiger charge is -2.18. The summed E-state index contributed by atoms with van der Waals surface area (Å²) in [4.78, 5) is 11.8. The van der Waals surface area contributed by atoms with E-state index in [-0.39, 0.29) is 24.6 Å². The molecule has 2 atom stereocenters. The molecule has 20 heavy (non-hydrogen) atoms. The van der Waals surface area contributed by atoms with E-state index < -0.39 is 0 Å². The molecule has 0 aliphatic rings. The summed E-state index contributed by atoms with van der Waals surface area (Å²) in [6.45, 7) is 7.99. The van der Waals surface area contributed by atoms with E-state index in [2.05, 4.69) is 35.1 Å². The van der Waals surface area contributed by atoms with Gasteiger partial charge in [0.2, 0.25) is 0 Å². The number of amides is 1. The van der Waals surface area contributed by atoms with Crippen LogP contribution in [0.1, 0.15) is 39.3 Å². The zero-order chi connectivity index (χ0) is 15.3. The number of nitrogens with one attached hydrogen (secondary N) is 1. The third-order valence-corrected chi connectivity index (χ3v) is 3.70. The molecular weight excluding hydrogens is 320 g/mol. The van der Waals surface area contributed by atoms with E-state index in [9.17, 15) is 4.79 Å². The lowest BCUT2D eigenvalue weighted by molar-refractivity contribution is -0.124. The van der Waals surface area contributed by atoms with Gasteiger partial charge >= 0.3 is 0 Å². The number of nitrogens with two attached hydrogens (primary N) is 1. The van der Waals surface area contributed by atoms with Gasteiger partial charge in [-0.15, -0.1) is 0 Å². The highest BCUT2D eigenvalue weighted by Gasteiger charge is 2.13. The van der Waals surface area contributed by atoms with Crippen molar-refractivity contribution >= 4 is 21.8 Å². The van der Waals surface area contributed by atoms with Crippen LogP contribution in [0.25, 0.3) is 0 Å². The Morgan fingerprint density at radius 3 is 2.55 bits per heavy atom. The summed E-state index contributed by atoms with van der Waals surface area (Å²) in [6, 6.07) is 5.58. The average molecular weight is 343 g/mol. The fourth-order valence-corrected chi connectivity index (χ4v) is 1.99. The Labute approximate surface area is 129 Å². The molecule has 1 amide bonds. The van der Waals surface area contributed by atoms with E-state index in [1.54, 1.807) is 0 Å². The molecule has 1 rings (SSSR count). The molecule has 0 aliphatic heterocycles. The Morgan fingerprint density at radius 2 is 2.00 bits per heavy atom. The number of benzene rings is 1. The molecule has 1 unspecified atom stereocenters. The lowest BCUT2D eigenvalue weighted by atomic mass is 10.1. The van der Waals surface area contributed by atoms with Gasteiger partial charge in [0, 0.05) is 22.1 Å². The van der Waals surface area contributed by atoms with Crippen LogP contribution in [0.5, 0.6) is 5.75 Å². The van der Waals surface area contributed by atoms with Crippen LogP contribution in [0.3, 0.4) is 0 Å². The van der Waals surface area contributed by atoms with Crippen LogP contribution in [-0.4, -0.2) is 18.6 Å². The predicted octanol–water partition coefficient (Wildman–Crippen LogP) is 3.01. The van der Waals surface area contributed by atoms with Crippen LogP contribution in [0.4, 0.5) is 0 Å². The van der Waals surface area contributed by atoms with Gasteiger partial charge in [0.05, 0.1) is 0 Å². The quantitative estimate of drug-likeness (QED) is 0.835. The van der Waals surface area contributed by atoms with Gasteiger partial charge in [-0.25, -0.2) is 0 Å². The molecule has 3 N–H and O–H groups in total. The summed E-state index contributed by atoms with van der Waals surface area (Å²) in [7, 11) is 0. The molecule has 1 aromatic rings. The third kappa shape index (κ3) is 5.13. The summed E-state index contributed by atoms with van der Waals surface area (Å²) in [5.74, 6) is 0.923. The topological polar surface area (TPSA) is 64.3 Å². The minimum atomic E-state index is -0.153. The van der Waals surface area contributed by atoms with Crippen LogP contribution in [0.2, 0.25) is 0 Å². The first-order valence-corrected chi connectivity index (χ1v) is 7.57. The fourth-order valence-electron chi connectivity index (χ4n) is 1.61. The molecule has 5 heteroatoms. The van der Waals surface area contributed by atoms with E-state index in [4.69, 9.17) is 10.5 Å². The van der Waals surface area contributed by atoms with E-state index in [0.717, 1.165) is 10.0 Å². The maximum atomic E-state index is 11.8. The molecule has 0 saturated heterocycles. The van der Waals surface area contributed by atoms with E-state index >= 15 is 0 Å². The summed E-state index contributed by atoms with van der Waals surface area (Å²) in [5.41, 5.74) is 6.79. The SMILES string of the molecule is CC(C)C(C)NC(=O)COc1ccc(Br)cc1[C@H](C)N. The molecule has 0 radical (unpaired) electrons. The molecule has 0 aliphatic carbocycles. The maximum absolute atomic E-state index is 11.8. The van der Waals surface area contributed by atoms with Gasteiger partial charge < -0.3 is 15.8 Å². The number of ether oxygens (including phenoxy) is 1. The smallest absolute Gasteiger partial charge is 0.258 e. The van der Waals surface area contributed by atoms with Crippen molar-refractivity contribution in [3.8, 4) is 5.75 Å². The average Bonchev–Trinajstić information content (AvgIpc) is 2.36. The molecular formula is C15H23BrN2O2. The van der Waals surface area contributed by atoms with Gasteiger partial charge in [-0.2, -0.15) is 0 Å². The molecule has 0 saturated carbocycles. The highest BCUT2D eigenvalue weighted by atomic mass is 79.9. The second kappa shape index (κ2) is 7.64. The Hall–Kier alpha value is -1.07. The first-order chi connectivity index (χ1) is 9.31. The van der Waals surface area contributed by atoms with Crippen molar-refractivity contribution in [1.29, 1.82) is 0 Å². The minimum Gasteiger partial charge on any atom is -0.483 e. The van der Waals surface area contributed by atoms with Crippen molar-refractivity contribution in [3.05, 3.63) is 28.2 Å². The Balaban J connectivity index is 2.64. The van der Waals surface area contributed by atoms with Crippen molar-refractivity contribution in [2.75, 3.05) is 6.61 Å². The Kier molecular flexibility index (Phi) is 6.49. The number of rotatable bonds is 6. The number of hydrogen-bond acceptors (Lipinski definition) is 3. The van der Waals surface area contributed by atoms with Gasteiger partial charge in [-0.1, -0.05) is 29.8 Å². The molecule has 0 heterocycles. The molecule has 0 spiro atoms. The second-order valence-corrected chi connectivity index (χ2v) is 6.28. The van der Waals surface area contributed by atoms with Gasteiger partial charge in [0.1, 0.15) is 5.75 Å². The zero-order valence-corrected chi connectivity index (χ0v) is 14.0. The monoisotopic (exact) mass is 342 g/mol. The number of carbonyl (C=O) groups excluding carboxylic acids is 1. The predicted molar refractivity (Wildman–Crippen MR) is 84.7 cm³/mol. The van der Waals surface area contributed by atoms with Crippen LogP contribution < -0.4 is 15.8 Å². The molecule has 0 bridgehead atoms. The Morgan fingerprint density at radius 1 is 1.35 bits per heavy atom. The fraction of sp³-hybridized carbons (Fsp3) is 0.533. The van der Waals surface area contributed by atoms with Gasteiger partial charge in [-0.05, 0) is 38.0 Å². The van der Waals surface area contributed by atoms with Gasteiger partial charge in [-0.3, -0.25) is 4.79 Å². The standard InChI is InChI=1S/C15H23BrN2O2/c1-9(2)11(4)18-15(19)8-20-14-6-5-12(16)7-13(14)10(3)17/h5-7,9-11H,8,17H2,1-4H3,(H,18,19)/t10-,11?/m0/s1. The summed E-state index contributed by atoms with van der Waals surface area (Å²) >= 11 is 3.40. The summed E-state index contributed by atoms with van der Waals surface area (Å²) in [6.07, 6.45) is 0. The van der Waals surface area contributed by atoms with E-state index in [0.29, 0.717) is 11.7 Å². The summed E-state index contributed by atoms with van der Waals surface area (Å²) in [5, 5.41) is 2.91. The van der Waals surface area contributed by atoms with Crippen LogP contribution in [0.15, 0.2) is 22.7 Å². The van der Waals surface area contributed by atoms with Crippen LogP contribution in [-0.2, 0) is 4.79 Å². The molecule has 0 aromatic heterocycles. The van der Waals surface area contributed by atoms with Crippen molar-refractivity contribution in [2.45, 2.75) is 39.8 Å². The minimum absolute atomic E-state index is 0.00158. The zero-order valence-electron chi connectivity index (χ0n) is 12.4.